The van der Waals surface area contributed by atoms with Crippen LogP contribution in [-0.4, -0.2) is 16.0 Å². The van der Waals surface area contributed by atoms with E-state index in [1.54, 1.807) is 6.07 Å². The lowest BCUT2D eigenvalue weighted by molar-refractivity contribution is 0.0941. The van der Waals surface area contributed by atoms with Crippen LogP contribution in [-0.2, 0) is 6.54 Å². The Morgan fingerprint density at radius 2 is 1.95 bits per heavy atom. The minimum absolute atomic E-state index is 0.256. The van der Waals surface area contributed by atoms with E-state index >= 15 is 0 Å². The van der Waals surface area contributed by atoms with Gasteiger partial charge in [-0.25, -0.2) is 0 Å². The van der Waals surface area contributed by atoms with Crippen LogP contribution < -0.4 is 5.32 Å². The molecule has 0 aliphatic rings. The predicted molar refractivity (Wildman–Crippen MR) is 82.1 cm³/mol. The zero-order valence-corrected chi connectivity index (χ0v) is 12.1. The monoisotopic (exact) mass is 293 g/mol. The smallest absolute Gasteiger partial charge is 0.273 e. The minimum atomic E-state index is -0.283. The van der Waals surface area contributed by atoms with Crippen LogP contribution in [0.25, 0.3) is 11.3 Å². The largest absolute Gasteiger partial charge is 0.355 e. The maximum Gasteiger partial charge on any atom is 0.273 e. The second kappa shape index (κ2) is 6.22. The average molecular weight is 293 g/mol. The van der Waals surface area contributed by atoms with Gasteiger partial charge in [-0.1, -0.05) is 41.6 Å². The number of aryl methyl sites for hydroxylation is 1. The van der Waals surface area contributed by atoms with Crippen molar-refractivity contribution in [3.05, 3.63) is 71.7 Å². The molecule has 0 radical (unpaired) electrons. The maximum absolute atomic E-state index is 12.1. The summed E-state index contributed by atoms with van der Waals surface area (Å²) >= 11 is 0. The van der Waals surface area contributed by atoms with Crippen LogP contribution in [0, 0.1) is 6.92 Å². The van der Waals surface area contributed by atoms with Crippen molar-refractivity contribution in [3.63, 3.8) is 0 Å². The number of carbonyl (C=O) groups is 1. The summed E-state index contributed by atoms with van der Waals surface area (Å²) in [7, 11) is 0. The summed E-state index contributed by atoms with van der Waals surface area (Å²) in [6.45, 7) is 2.27. The van der Waals surface area contributed by atoms with Gasteiger partial charge in [0.1, 0.15) is 0 Å². The fourth-order valence-electron chi connectivity index (χ4n) is 2.08. The van der Waals surface area contributed by atoms with E-state index in [1.165, 1.54) is 0 Å². The molecule has 3 aromatic rings. The van der Waals surface area contributed by atoms with Gasteiger partial charge in [-0.2, -0.15) is 0 Å². The molecule has 0 aliphatic heterocycles. The highest BCUT2D eigenvalue weighted by molar-refractivity contribution is 5.93. The average Bonchev–Trinajstić information content (AvgIpc) is 3.04. The predicted octanol–water partition coefficient (Wildman–Crippen LogP) is 2.98. The van der Waals surface area contributed by atoms with Gasteiger partial charge < -0.3 is 9.84 Å². The van der Waals surface area contributed by atoms with Gasteiger partial charge >= 0.3 is 0 Å². The fraction of sp³-hybridized carbons (Fsp3) is 0.118. The van der Waals surface area contributed by atoms with Crippen LogP contribution in [0.1, 0.15) is 21.9 Å². The van der Waals surface area contributed by atoms with E-state index in [-0.39, 0.29) is 11.6 Å². The number of carbonyl (C=O) groups excluding carboxylic acids is 1. The van der Waals surface area contributed by atoms with Crippen LogP contribution in [0.2, 0.25) is 0 Å². The third-order valence-corrected chi connectivity index (χ3v) is 3.18. The van der Waals surface area contributed by atoms with Crippen molar-refractivity contribution in [1.29, 1.82) is 0 Å². The van der Waals surface area contributed by atoms with Gasteiger partial charge in [-0.3, -0.25) is 9.78 Å². The zero-order chi connectivity index (χ0) is 15.4. The summed E-state index contributed by atoms with van der Waals surface area (Å²) in [5.41, 5.74) is 2.86. The summed E-state index contributed by atoms with van der Waals surface area (Å²) < 4.78 is 5.22. The molecule has 0 unspecified atom stereocenters. The molecule has 5 heteroatoms. The van der Waals surface area contributed by atoms with Gasteiger partial charge in [0.2, 0.25) is 0 Å². The lowest BCUT2D eigenvalue weighted by atomic mass is 10.1. The van der Waals surface area contributed by atoms with Gasteiger partial charge in [0.05, 0.1) is 12.2 Å². The lowest BCUT2D eigenvalue weighted by Crippen LogP contribution is -2.23. The highest BCUT2D eigenvalue weighted by atomic mass is 16.5. The van der Waals surface area contributed by atoms with E-state index in [0.29, 0.717) is 12.3 Å². The number of nitrogens with zero attached hydrogens (tertiary/aromatic N) is 2. The Morgan fingerprint density at radius 3 is 2.73 bits per heavy atom. The van der Waals surface area contributed by atoms with Crippen LogP contribution in [0.5, 0.6) is 0 Å². The second-order valence-corrected chi connectivity index (χ2v) is 4.90. The van der Waals surface area contributed by atoms with Gasteiger partial charge in [0, 0.05) is 17.3 Å². The van der Waals surface area contributed by atoms with Gasteiger partial charge in [0.25, 0.3) is 5.91 Å². The van der Waals surface area contributed by atoms with Crippen molar-refractivity contribution in [2.45, 2.75) is 13.5 Å². The van der Waals surface area contributed by atoms with Crippen LogP contribution in [0.3, 0.4) is 0 Å². The Bertz CT molecular complexity index is 781. The molecular formula is C17H15N3O2. The summed E-state index contributed by atoms with van der Waals surface area (Å²) in [6.07, 6.45) is 0. The van der Waals surface area contributed by atoms with Crippen LogP contribution in [0.15, 0.2) is 59.1 Å². The molecule has 2 heterocycles. The molecule has 22 heavy (non-hydrogen) atoms. The molecule has 0 saturated carbocycles. The van der Waals surface area contributed by atoms with Crippen molar-refractivity contribution in [2.24, 2.45) is 0 Å². The number of aromatic nitrogens is 2. The lowest BCUT2D eigenvalue weighted by Gasteiger charge is -2.02. The number of hydrogen-bond donors (Lipinski definition) is 1. The van der Waals surface area contributed by atoms with Crippen molar-refractivity contribution in [2.75, 3.05) is 0 Å². The number of pyridine rings is 1. The normalized spacial score (nSPS) is 10.4. The quantitative estimate of drug-likeness (QED) is 0.803. The van der Waals surface area contributed by atoms with Gasteiger partial charge in [-0.15, -0.1) is 0 Å². The molecule has 0 fully saturated rings. The molecule has 0 aliphatic carbocycles. The van der Waals surface area contributed by atoms with Crippen molar-refractivity contribution < 1.29 is 9.32 Å². The molecule has 2 aromatic heterocycles. The van der Waals surface area contributed by atoms with E-state index in [9.17, 15) is 4.79 Å². The number of hydrogen-bond acceptors (Lipinski definition) is 4. The molecule has 0 saturated heterocycles. The van der Waals surface area contributed by atoms with E-state index in [0.717, 1.165) is 17.0 Å². The van der Waals surface area contributed by atoms with E-state index in [2.05, 4.69) is 15.5 Å². The first-order chi connectivity index (χ1) is 10.7. The van der Waals surface area contributed by atoms with Crippen LogP contribution >= 0.6 is 0 Å². The molecule has 5 nitrogen and oxygen atoms in total. The first-order valence-electron chi connectivity index (χ1n) is 6.95. The fourth-order valence-corrected chi connectivity index (χ4v) is 2.08. The molecule has 0 atom stereocenters. The topological polar surface area (TPSA) is 68.0 Å². The molecule has 1 amide bonds. The zero-order valence-electron chi connectivity index (χ0n) is 12.1. The first-order valence-corrected chi connectivity index (χ1v) is 6.95. The van der Waals surface area contributed by atoms with E-state index in [4.69, 9.17) is 4.52 Å². The molecular weight excluding hydrogens is 278 g/mol. The highest BCUT2D eigenvalue weighted by Gasteiger charge is 2.13. The number of benzene rings is 1. The Labute approximate surface area is 128 Å². The van der Waals surface area contributed by atoms with Crippen molar-refractivity contribution >= 4 is 5.91 Å². The standard InChI is InChI=1S/C17H15N3O2/c1-12-6-5-9-14(19-12)11-18-17(21)15-10-16(22-20-15)13-7-3-2-4-8-13/h2-10H,11H2,1H3,(H,18,21). The minimum Gasteiger partial charge on any atom is -0.355 e. The van der Waals surface area contributed by atoms with Crippen molar-refractivity contribution in [3.8, 4) is 11.3 Å². The summed E-state index contributed by atoms with van der Waals surface area (Å²) in [5.74, 6) is 0.286. The molecule has 3 rings (SSSR count). The molecule has 0 spiro atoms. The van der Waals surface area contributed by atoms with Gasteiger partial charge in [-0.05, 0) is 19.1 Å². The Balaban J connectivity index is 1.67. The summed E-state index contributed by atoms with van der Waals surface area (Å²) in [4.78, 5) is 16.4. The van der Waals surface area contributed by atoms with Crippen molar-refractivity contribution in [1.82, 2.24) is 15.5 Å². The number of amides is 1. The molecule has 1 N–H and O–H groups in total. The summed E-state index contributed by atoms with van der Waals surface area (Å²) in [5, 5.41) is 6.60. The maximum atomic E-state index is 12.1. The van der Waals surface area contributed by atoms with Gasteiger partial charge in [0.15, 0.2) is 11.5 Å². The molecule has 0 bridgehead atoms. The Hall–Kier alpha value is -2.95. The Kier molecular flexibility index (Phi) is 3.96. The Morgan fingerprint density at radius 1 is 1.14 bits per heavy atom. The molecule has 110 valence electrons. The summed E-state index contributed by atoms with van der Waals surface area (Å²) in [6, 6.07) is 16.9. The second-order valence-electron chi connectivity index (χ2n) is 4.90. The number of nitrogens with one attached hydrogen (secondary N) is 1. The highest BCUT2D eigenvalue weighted by Crippen LogP contribution is 2.19. The third kappa shape index (κ3) is 3.20. The SMILES string of the molecule is Cc1cccc(CNC(=O)c2cc(-c3ccccc3)on2)n1. The number of rotatable bonds is 4. The molecule has 1 aromatic carbocycles. The van der Waals surface area contributed by atoms with E-state index < -0.39 is 0 Å². The third-order valence-electron chi connectivity index (χ3n) is 3.18. The van der Waals surface area contributed by atoms with E-state index in [1.807, 2.05) is 55.5 Å². The first kappa shape index (κ1) is 14.0. The van der Waals surface area contributed by atoms with Crippen LogP contribution in [0.4, 0.5) is 0 Å².